The second-order valence-electron chi connectivity index (χ2n) is 4.86. The van der Waals surface area contributed by atoms with Crippen LogP contribution in [-0.2, 0) is 12.8 Å². The summed E-state index contributed by atoms with van der Waals surface area (Å²) in [6.07, 6.45) is 2.39. The van der Waals surface area contributed by atoms with E-state index in [1.54, 1.807) is 18.2 Å². The van der Waals surface area contributed by atoms with Crippen LogP contribution in [0.4, 0.5) is 4.39 Å². The Hall–Kier alpha value is -1.04. The summed E-state index contributed by atoms with van der Waals surface area (Å²) in [6.45, 7) is 5.03. The Morgan fingerprint density at radius 2 is 2.19 bits per heavy atom. The zero-order chi connectivity index (χ0) is 15.2. The SMILES string of the molecule is CCCNC(Cc1cccc(Cl)c1F)c1snnc1CC. The van der Waals surface area contributed by atoms with Crippen molar-refractivity contribution >= 4 is 23.1 Å². The number of aromatic nitrogens is 2. The van der Waals surface area contributed by atoms with Gasteiger partial charge in [0.2, 0.25) is 0 Å². The van der Waals surface area contributed by atoms with E-state index >= 15 is 0 Å². The van der Waals surface area contributed by atoms with Crippen molar-refractivity contribution in [2.45, 2.75) is 39.2 Å². The van der Waals surface area contributed by atoms with Gasteiger partial charge >= 0.3 is 0 Å². The molecule has 0 spiro atoms. The van der Waals surface area contributed by atoms with E-state index in [0.29, 0.717) is 12.0 Å². The summed E-state index contributed by atoms with van der Waals surface area (Å²) >= 11 is 7.25. The van der Waals surface area contributed by atoms with Crippen LogP contribution in [0, 0.1) is 5.82 Å². The molecular formula is C15H19ClFN3S. The van der Waals surface area contributed by atoms with Gasteiger partial charge in [0, 0.05) is 6.04 Å². The predicted octanol–water partition coefficient (Wildman–Crippen LogP) is 4.18. The van der Waals surface area contributed by atoms with E-state index in [2.05, 4.69) is 28.8 Å². The molecule has 2 aromatic rings. The maximum Gasteiger partial charge on any atom is 0.145 e. The van der Waals surface area contributed by atoms with Crippen molar-refractivity contribution in [2.75, 3.05) is 6.54 Å². The topological polar surface area (TPSA) is 37.8 Å². The van der Waals surface area contributed by atoms with E-state index in [1.165, 1.54) is 11.5 Å². The molecule has 3 nitrogen and oxygen atoms in total. The van der Waals surface area contributed by atoms with E-state index in [0.717, 1.165) is 30.0 Å². The van der Waals surface area contributed by atoms with Crippen LogP contribution in [-0.4, -0.2) is 16.1 Å². The fourth-order valence-electron chi connectivity index (χ4n) is 2.23. The van der Waals surface area contributed by atoms with Gasteiger partial charge in [-0.2, -0.15) is 0 Å². The molecule has 1 atom stereocenters. The lowest BCUT2D eigenvalue weighted by atomic mass is 10.0. The summed E-state index contributed by atoms with van der Waals surface area (Å²) in [5.41, 5.74) is 1.60. The standard InChI is InChI=1S/C15H19ClFN3S/c1-3-8-18-13(15-12(4-2)19-20-21-15)9-10-6-5-7-11(16)14(10)17/h5-7,13,18H,3-4,8-9H2,1-2H3. The van der Waals surface area contributed by atoms with Crippen molar-refractivity contribution in [3.8, 4) is 0 Å². The second-order valence-corrected chi connectivity index (χ2v) is 6.05. The molecule has 0 aliphatic heterocycles. The van der Waals surface area contributed by atoms with Gasteiger partial charge in [0.15, 0.2) is 0 Å². The Balaban J connectivity index is 2.26. The molecule has 1 aromatic carbocycles. The fraction of sp³-hybridized carbons (Fsp3) is 0.467. The van der Waals surface area contributed by atoms with Crippen molar-refractivity contribution in [3.63, 3.8) is 0 Å². The van der Waals surface area contributed by atoms with E-state index in [9.17, 15) is 4.39 Å². The van der Waals surface area contributed by atoms with Crippen molar-refractivity contribution < 1.29 is 4.39 Å². The van der Waals surface area contributed by atoms with Gasteiger partial charge in [-0.05, 0) is 49.0 Å². The molecule has 0 aliphatic carbocycles. The average molecular weight is 328 g/mol. The molecule has 0 aliphatic rings. The first-order valence-electron chi connectivity index (χ1n) is 7.14. The van der Waals surface area contributed by atoms with Crippen molar-refractivity contribution in [1.29, 1.82) is 0 Å². The van der Waals surface area contributed by atoms with Crippen LogP contribution in [0.5, 0.6) is 0 Å². The van der Waals surface area contributed by atoms with Crippen LogP contribution in [0.1, 0.15) is 42.4 Å². The third kappa shape index (κ3) is 3.99. The first-order chi connectivity index (χ1) is 10.2. The largest absolute Gasteiger partial charge is 0.309 e. The van der Waals surface area contributed by atoms with E-state index in [-0.39, 0.29) is 16.9 Å². The van der Waals surface area contributed by atoms with Crippen molar-refractivity contribution in [2.24, 2.45) is 0 Å². The fourth-order valence-corrected chi connectivity index (χ4v) is 3.23. The maximum atomic E-state index is 14.1. The smallest absolute Gasteiger partial charge is 0.145 e. The number of halogens is 2. The summed E-state index contributed by atoms with van der Waals surface area (Å²) in [4.78, 5) is 1.09. The zero-order valence-corrected chi connectivity index (χ0v) is 13.8. The molecule has 1 aromatic heterocycles. The number of aryl methyl sites for hydroxylation is 1. The Morgan fingerprint density at radius 3 is 2.90 bits per heavy atom. The summed E-state index contributed by atoms with van der Waals surface area (Å²) < 4.78 is 18.2. The Kier molecular flexibility index (Phi) is 6.08. The highest BCUT2D eigenvalue weighted by molar-refractivity contribution is 7.05. The van der Waals surface area contributed by atoms with E-state index in [1.807, 2.05) is 0 Å². The lowest BCUT2D eigenvalue weighted by Crippen LogP contribution is -2.24. The van der Waals surface area contributed by atoms with Gasteiger partial charge < -0.3 is 5.32 Å². The number of hydrogen-bond acceptors (Lipinski definition) is 4. The molecule has 0 radical (unpaired) electrons. The molecule has 6 heteroatoms. The molecular weight excluding hydrogens is 309 g/mol. The highest BCUT2D eigenvalue weighted by atomic mass is 35.5. The van der Waals surface area contributed by atoms with Gasteiger partial charge in [-0.15, -0.1) is 5.10 Å². The van der Waals surface area contributed by atoms with Crippen LogP contribution in [0.2, 0.25) is 5.02 Å². The Bertz CT molecular complexity index is 588. The zero-order valence-electron chi connectivity index (χ0n) is 12.2. The molecule has 0 bridgehead atoms. The van der Waals surface area contributed by atoms with Crippen LogP contribution in [0.25, 0.3) is 0 Å². The Labute approximate surface area is 133 Å². The van der Waals surface area contributed by atoms with Crippen molar-refractivity contribution in [3.05, 3.63) is 45.2 Å². The summed E-state index contributed by atoms with van der Waals surface area (Å²) in [5, 5.41) is 7.78. The molecule has 114 valence electrons. The van der Waals surface area contributed by atoms with Gasteiger partial charge in [-0.3, -0.25) is 0 Å². The van der Waals surface area contributed by atoms with Gasteiger partial charge in [0.1, 0.15) is 5.82 Å². The first-order valence-corrected chi connectivity index (χ1v) is 8.29. The number of rotatable bonds is 7. The van der Waals surface area contributed by atoms with Gasteiger partial charge in [-0.1, -0.05) is 42.1 Å². The quantitative estimate of drug-likeness (QED) is 0.829. The highest BCUT2D eigenvalue weighted by Gasteiger charge is 2.20. The molecule has 1 unspecified atom stereocenters. The lowest BCUT2D eigenvalue weighted by Gasteiger charge is -2.18. The van der Waals surface area contributed by atoms with Crippen LogP contribution < -0.4 is 5.32 Å². The molecule has 0 fully saturated rings. The van der Waals surface area contributed by atoms with Gasteiger partial charge in [0.25, 0.3) is 0 Å². The lowest BCUT2D eigenvalue weighted by molar-refractivity contribution is 0.515. The van der Waals surface area contributed by atoms with Gasteiger partial charge in [0.05, 0.1) is 15.6 Å². The minimum atomic E-state index is -0.335. The van der Waals surface area contributed by atoms with E-state index < -0.39 is 0 Å². The highest BCUT2D eigenvalue weighted by Crippen LogP contribution is 2.27. The second kappa shape index (κ2) is 7.82. The molecule has 0 saturated heterocycles. The third-order valence-electron chi connectivity index (χ3n) is 3.33. The number of hydrogen-bond donors (Lipinski definition) is 1. The van der Waals surface area contributed by atoms with Gasteiger partial charge in [-0.25, -0.2) is 4.39 Å². The summed E-state index contributed by atoms with van der Waals surface area (Å²) in [6, 6.07) is 5.15. The van der Waals surface area contributed by atoms with Crippen LogP contribution >= 0.6 is 23.1 Å². The van der Waals surface area contributed by atoms with Crippen LogP contribution in [0.3, 0.4) is 0 Å². The predicted molar refractivity (Wildman–Crippen MR) is 85.4 cm³/mol. The normalized spacial score (nSPS) is 12.6. The molecule has 0 amide bonds. The minimum Gasteiger partial charge on any atom is -0.309 e. The average Bonchev–Trinajstić information content (AvgIpc) is 2.96. The number of nitrogens with zero attached hydrogens (tertiary/aromatic N) is 2. The van der Waals surface area contributed by atoms with Crippen LogP contribution in [0.15, 0.2) is 18.2 Å². The number of nitrogens with one attached hydrogen (secondary N) is 1. The first kappa shape index (κ1) is 16.3. The molecule has 1 N–H and O–H groups in total. The molecule has 21 heavy (non-hydrogen) atoms. The summed E-state index contributed by atoms with van der Waals surface area (Å²) in [5.74, 6) is -0.335. The molecule has 1 heterocycles. The molecule has 2 rings (SSSR count). The Morgan fingerprint density at radius 1 is 1.38 bits per heavy atom. The molecule has 0 saturated carbocycles. The monoisotopic (exact) mass is 327 g/mol. The minimum absolute atomic E-state index is 0.0212. The van der Waals surface area contributed by atoms with E-state index in [4.69, 9.17) is 11.6 Å². The third-order valence-corrected chi connectivity index (χ3v) is 4.50. The maximum absolute atomic E-state index is 14.1. The summed E-state index contributed by atoms with van der Waals surface area (Å²) in [7, 11) is 0. The van der Waals surface area contributed by atoms with Crippen molar-refractivity contribution in [1.82, 2.24) is 14.9 Å². The number of benzene rings is 1.